The number of piperidine rings is 2. The molecule has 56 heavy (non-hydrogen) atoms. The summed E-state index contributed by atoms with van der Waals surface area (Å²) in [5, 5.41) is 11.2. The van der Waals surface area contributed by atoms with E-state index in [2.05, 4.69) is 72.4 Å². The molecule has 1 atom stereocenters. The minimum absolute atomic E-state index is 0.0213. The highest BCUT2D eigenvalue weighted by molar-refractivity contribution is 5.93. The van der Waals surface area contributed by atoms with E-state index in [1.807, 2.05) is 30.3 Å². The average Bonchev–Trinajstić information content (AvgIpc) is 3.11. The number of alkyl carbamates (subject to hydrolysis) is 1. The largest absolute Gasteiger partial charge is 0.468 e. The number of nitrogens with zero attached hydrogens (tertiary/aromatic N) is 2. The van der Waals surface area contributed by atoms with E-state index in [1.165, 1.54) is 19.1 Å². The van der Waals surface area contributed by atoms with Crippen LogP contribution in [-0.4, -0.2) is 97.2 Å². The third kappa shape index (κ3) is 27.3. The van der Waals surface area contributed by atoms with Crippen molar-refractivity contribution in [3.63, 3.8) is 0 Å². The van der Waals surface area contributed by atoms with Gasteiger partial charge in [0.1, 0.15) is 23.9 Å². The van der Waals surface area contributed by atoms with Crippen molar-refractivity contribution < 1.29 is 48.0 Å². The Hall–Kier alpha value is -4.33. The Morgan fingerprint density at radius 3 is 1.64 bits per heavy atom. The Morgan fingerprint density at radius 2 is 1.25 bits per heavy atom. The quantitative estimate of drug-likeness (QED) is 0.143. The van der Waals surface area contributed by atoms with E-state index in [4.69, 9.17) is 25.1 Å². The number of amides is 3. The van der Waals surface area contributed by atoms with Crippen molar-refractivity contribution in [3.8, 4) is 0 Å². The molecular weight excluding hydrogens is 720 g/mol. The molecule has 0 radical (unpaired) electrons. The third-order valence-electron chi connectivity index (χ3n) is 6.99. The maximum atomic E-state index is 12.2. The van der Waals surface area contributed by atoms with Crippen LogP contribution >= 0.6 is 0 Å². The molecule has 3 rings (SSSR count). The highest BCUT2D eigenvalue weighted by Gasteiger charge is 2.31. The van der Waals surface area contributed by atoms with Crippen molar-refractivity contribution in [2.24, 2.45) is 29.4 Å². The van der Waals surface area contributed by atoms with E-state index < -0.39 is 41.9 Å². The van der Waals surface area contributed by atoms with Gasteiger partial charge in [0.25, 0.3) is 0 Å². The molecule has 2 saturated heterocycles. The summed E-state index contributed by atoms with van der Waals surface area (Å²) < 4.78 is 19.9. The molecule has 2 heterocycles. The Bertz CT molecular complexity index is 1290. The van der Waals surface area contributed by atoms with Crippen LogP contribution in [-0.2, 0) is 35.1 Å². The summed E-state index contributed by atoms with van der Waals surface area (Å²) in [6.07, 6.45) is 0.0129. The lowest BCUT2D eigenvalue weighted by atomic mass is 9.90. The monoisotopic (exact) mass is 795 g/mol. The molecule has 2 fully saturated rings. The fourth-order valence-electron chi connectivity index (χ4n) is 4.56. The Balaban J connectivity index is 0. The lowest BCUT2D eigenvalue weighted by Gasteiger charge is -2.31. The predicted octanol–water partition coefficient (Wildman–Crippen LogP) is 8.23. The van der Waals surface area contributed by atoms with E-state index in [9.17, 15) is 24.0 Å². The standard InChI is InChI=1S/C21H28N2O6.C9H16N2O4.3C4H10/c1-21(2,3)29-20(26)23-12-10-16(11-13-23)17(18(24)27-4)22-19(25)28-14-15-8-6-5-7-9-15;1-15-8(12)7(10)6-2-4-11(5-3-6)9(13)14;3*1-4(2)3/h5-9H,10-14H2,1-4H3,(H,22,25);6-7H,2-5,10H2,1H3,(H,13,14);3*4H,1-3H3. The summed E-state index contributed by atoms with van der Waals surface area (Å²) in [6.45, 7) is 26.6. The van der Waals surface area contributed by atoms with Gasteiger partial charge in [0.2, 0.25) is 0 Å². The van der Waals surface area contributed by atoms with Gasteiger partial charge in [-0.3, -0.25) is 10.1 Å². The number of benzene rings is 1. The van der Waals surface area contributed by atoms with Gasteiger partial charge in [-0.1, -0.05) is 92.6 Å². The van der Waals surface area contributed by atoms with Gasteiger partial charge in [-0.15, -0.1) is 0 Å². The zero-order chi connectivity index (χ0) is 43.6. The molecule has 3 amide bonds. The number of nitrogens with one attached hydrogen (secondary N) is 1. The first-order valence-electron chi connectivity index (χ1n) is 19.5. The molecule has 2 aliphatic rings. The van der Waals surface area contributed by atoms with E-state index >= 15 is 0 Å². The van der Waals surface area contributed by atoms with Crippen LogP contribution in [0.25, 0.3) is 0 Å². The molecule has 322 valence electrons. The molecule has 1 aromatic rings. The molecule has 2 aliphatic heterocycles. The SMILES string of the molecule is CC(C)C.CC(C)C.CC(C)C.COC(=O)C(N)C1CCN(C(=O)O)CC1.COC(=O)C(NC(=O)OCc1ccccc1)=C1CCN(C(=O)OC(C)(C)C)CC1. The van der Waals surface area contributed by atoms with Gasteiger partial charge < -0.3 is 39.6 Å². The molecule has 0 bridgehead atoms. The first-order valence-corrected chi connectivity index (χ1v) is 19.5. The van der Waals surface area contributed by atoms with Crippen LogP contribution in [0.2, 0.25) is 0 Å². The van der Waals surface area contributed by atoms with Gasteiger partial charge >= 0.3 is 30.2 Å². The van der Waals surface area contributed by atoms with E-state index in [-0.39, 0.29) is 18.2 Å². The lowest BCUT2D eigenvalue weighted by Crippen LogP contribution is -2.46. The van der Waals surface area contributed by atoms with Gasteiger partial charge in [-0.05, 0) is 81.3 Å². The molecule has 1 aromatic carbocycles. The summed E-state index contributed by atoms with van der Waals surface area (Å²) >= 11 is 0. The van der Waals surface area contributed by atoms with Crippen molar-refractivity contribution in [3.05, 3.63) is 47.2 Å². The highest BCUT2D eigenvalue weighted by Crippen LogP contribution is 2.22. The van der Waals surface area contributed by atoms with Crippen LogP contribution in [0.3, 0.4) is 0 Å². The normalized spacial score (nSPS) is 14.5. The minimum atomic E-state index is -0.917. The maximum Gasteiger partial charge on any atom is 0.412 e. The number of carboxylic acid groups (broad SMARTS) is 1. The molecular formula is C42H74N4O10. The van der Waals surface area contributed by atoms with Gasteiger partial charge in [0, 0.05) is 26.2 Å². The number of ether oxygens (including phenoxy) is 4. The number of carbonyl (C=O) groups is 5. The second-order valence-corrected chi connectivity index (χ2v) is 16.5. The van der Waals surface area contributed by atoms with Crippen LogP contribution in [0.5, 0.6) is 0 Å². The first-order chi connectivity index (χ1) is 25.9. The van der Waals surface area contributed by atoms with Crippen molar-refractivity contribution in [1.29, 1.82) is 0 Å². The Labute approximate surface area is 336 Å². The predicted molar refractivity (Wildman–Crippen MR) is 220 cm³/mol. The fraction of sp³-hybridized carbons (Fsp3) is 0.690. The van der Waals surface area contributed by atoms with Crippen LogP contribution in [0.4, 0.5) is 14.4 Å². The zero-order valence-corrected chi connectivity index (χ0v) is 36.7. The molecule has 0 saturated carbocycles. The van der Waals surface area contributed by atoms with E-state index in [1.54, 1.807) is 25.7 Å². The van der Waals surface area contributed by atoms with Gasteiger partial charge in [0.15, 0.2) is 0 Å². The smallest absolute Gasteiger partial charge is 0.412 e. The number of likely N-dealkylation sites (tertiary alicyclic amines) is 2. The number of hydrogen-bond donors (Lipinski definition) is 3. The Morgan fingerprint density at radius 1 is 0.786 bits per heavy atom. The fourth-order valence-corrected chi connectivity index (χ4v) is 4.56. The summed E-state index contributed by atoms with van der Waals surface area (Å²) in [7, 11) is 2.55. The zero-order valence-electron chi connectivity index (χ0n) is 36.7. The second-order valence-electron chi connectivity index (χ2n) is 16.5. The summed E-state index contributed by atoms with van der Waals surface area (Å²) in [5.41, 5.74) is 6.71. The topological polar surface area (TPSA) is 187 Å². The average molecular weight is 795 g/mol. The molecule has 0 aromatic heterocycles. The molecule has 1 unspecified atom stereocenters. The summed E-state index contributed by atoms with van der Waals surface area (Å²) in [5.74, 6) is 1.44. The minimum Gasteiger partial charge on any atom is -0.468 e. The number of rotatable bonds is 6. The first kappa shape index (κ1) is 53.8. The highest BCUT2D eigenvalue weighted by atomic mass is 16.6. The summed E-state index contributed by atoms with van der Waals surface area (Å²) in [4.78, 5) is 61.2. The molecule has 0 aliphatic carbocycles. The van der Waals surface area contributed by atoms with Crippen molar-refractivity contribution in [2.75, 3.05) is 40.4 Å². The van der Waals surface area contributed by atoms with Crippen molar-refractivity contribution >= 4 is 30.2 Å². The van der Waals surface area contributed by atoms with Gasteiger partial charge in [-0.25, -0.2) is 19.2 Å². The number of nitrogens with two attached hydrogens (primary N) is 1. The van der Waals surface area contributed by atoms with Gasteiger partial charge in [-0.2, -0.15) is 0 Å². The number of carbonyl (C=O) groups excluding carboxylic acids is 4. The molecule has 14 heteroatoms. The van der Waals surface area contributed by atoms with Crippen LogP contribution < -0.4 is 11.1 Å². The molecule has 4 N–H and O–H groups in total. The van der Waals surface area contributed by atoms with E-state index in [0.29, 0.717) is 57.4 Å². The summed E-state index contributed by atoms with van der Waals surface area (Å²) in [6, 6.07) is 8.59. The Kier molecular flexibility index (Phi) is 27.8. The molecule has 0 spiro atoms. The third-order valence-corrected chi connectivity index (χ3v) is 6.99. The van der Waals surface area contributed by atoms with Crippen LogP contribution in [0.15, 0.2) is 41.6 Å². The van der Waals surface area contributed by atoms with Crippen molar-refractivity contribution in [1.82, 2.24) is 15.1 Å². The molecule has 14 nitrogen and oxygen atoms in total. The van der Waals surface area contributed by atoms with Crippen LogP contribution in [0, 0.1) is 23.7 Å². The van der Waals surface area contributed by atoms with E-state index in [0.717, 1.165) is 23.3 Å². The number of esters is 2. The van der Waals surface area contributed by atoms with Gasteiger partial charge in [0.05, 0.1) is 14.2 Å². The number of hydrogen-bond acceptors (Lipinski definition) is 10. The number of methoxy groups -OCH3 is 2. The van der Waals surface area contributed by atoms with Crippen molar-refractivity contribution in [2.45, 2.75) is 127 Å². The maximum absolute atomic E-state index is 12.2. The van der Waals surface area contributed by atoms with Crippen LogP contribution in [0.1, 0.15) is 114 Å². The lowest BCUT2D eigenvalue weighted by molar-refractivity contribution is -0.144. The second kappa shape index (κ2) is 29.0.